The molecule has 0 radical (unpaired) electrons. The minimum Gasteiger partial charge on any atom is -0.493 e. The highest BCUT2D eigenvalue weighted by atomic mass is 32.2. The van der Waals surface area contributed by atoms with Crippen molar-refractivity contribution < 1.29 is 22.7 Å². The van der Waals surface area contributed by atoms with Gasteiger partial charge in [-0.05, 0) is 44.2 Å². The summed E-state index contributed by atoms with van der Waals surface area (Å²) in [4.78, 5) is 14.6. The first-order valence-electron chi connectivity index (χ1n) is 8.61. The number of carbonyl (C=O) groups excluding carboxylic acids is 1. The Morgan fingerprint density at radius 3 is 2.58 bits per heavy atom. The van der Waals surface area contributed by atoms with Crippen molar-refractivity contribution in [3.05, 3.63) is 35.2 Å². The molecule has 2 aliphatic rings. The Morgan fingerprint density at radius 1 is 1.23 bits per heavy atom. The Bertz CT molecular complexity index is 798. The number of ether oxygens (including phenoxy) is 2. The van der Waals surface area contributed by atoms with Gasteiger partial charge in [0, 0.05) is 24.1 Å². The first-order chi connectivity index (χ1) is 12.4. The summed E-state index contributed by atoms with van der Waals surface area (Å²) in [5.74, 6) is 0.654. The summed E-state index contributed by atoms with van der Waals surface area (Å²) in [5.41, 5.74) is 0.398. The van der Waals surface area contributed by atoms with Crippen LogP contribution in [0, 0.1) is 0 Å². The minimum absolute atomic E-state index is 0.104. The normalized spacial score (nSPS) is 22.9. The molecular weight excluding hydrogens is 356 g/mol. The molecule has 1 atom stereocenters. The largest absolute Gasteiger partial charge is 0.493 e. The van der Waals surface area contributed by atoms with Gasteiger partial charge in [-0.15, -0.1) is 0 Å². The highest BCUT2D eigenvalue weighted by Crippen LogP contribution is 2.30. The van der Waals surface area contributed by atoms with Crippen molar-refractivity contribution in [3.63, 3.8) is 0 Å². The third-order valence-corrected chi connectivity index (χ3v) is 6.03. The standard InChI is InChI=1S/C18H24N2O5S/c1-20-8-5-15(6-9-20)25-16-4-3-13(11-17(16)24-2)18(21)19-14-7-10-26(22,23)12-14/h3-4,7,10-11,14-15H,5-6,8-9,12H2,1-2H3,(H,19,21). The maximum atomic E-state index is 12.4. The molecule has 1 fully saturated rings. The maximum Gasteiger partial charge on any atom is 0.251 e. The molecule has 1 aromatic rings. The highest BCUT2D eigenvalue weighted by molar-refractivity contribution is 7.94. The molecule has 1 N–H and O–H groups in total. The molecule has 0 spiro atoms. The van der Waals surface area contributed by atoms with E-state index in [9.17, 15) is 13.2 Å². The van der Waals surface area contributed by atoms with Crippen molar-refractivity contribution in [1.82, 2.24) is 10.2 Å². The average molecular weight is 380 g/mol. The summed E-state index contributed by atoms with van der Waals surface area (Å²) in [5, 5.41) is 3.84. The third kappa shape index (κ3) is 4.56. The van der Waals surface area contributed by atoms with Gasteiger partial charge < -0.3 is 19.7 Å². The van der Waals surface area contributed by atoms with E-state index in [1.807, 2.05) is 0 Å². The van der Waals surface area contributed by atoms with Crippen molar-refractivity contribution in [3.8, 4) is 11.5 Å². The number of amides is 1. The Labute approximate surface area is 153 Å². The van der Waals surface area contributed by atoms with Gasteiger partial charge in [-0.25, -0.2) is 8.42 Å². The van der Waals surface area contributed by atoms with Crippen molar-refractivity contribution in [2.24, 2.45) is 0 Å². The SMILES string of the molecule is COc1cc(C(=O)NC2C=CS(=O)(=O)C2)ccc1OC1CCN(C)CC1. The van der Waals surface area contributed by atoms with E-state index in [-0.39, 0.29) is 17.8 Å². The van der Waals surface area contributed by atoms with Crippen molar-refractivity contribution in [1.29, 1.82) is 0 Å². The smallest absolute Gasteiger partial charge is 0.251 e. The van der Waals surface area contributed by atoms with Crippen LogP contribution in [-0.2, 0) is 9.84 Å². The van der Waals surface area contributed by atoms with Crippen molar-refractivity contribution in [2.45, 2.75) is 25.0 Å². The van der Waals surface area contributed by atoms with Gasteiger partial charge in [-0.1, -0.05) is 0 Å². The molecule has 1 amide bonds. The number of nitrogens with one attached hydrogen (secondary N) is 1. The van der Waals surface area contributed by atoms with Gasteiger partial charge in [0.05, 0.1) is 18.9 Å². The summed E-state index contributed by atoms with van der Waals surface area (Å²) >= 11 is 0. The number of hydrogen-bond acceptors (Lipinski definition) is 6. The number of sulfone groups is 1. The van der Waals surface area contributed by atoms with Crippen LogP contribution < -0.4 is 14.8 Å². The summed E-state index contributed by atoms with van der Waals surface area (Å²) in [6.07, 6.45) is 3.52. The molecule has 3 rings (SSSR count). The molecule has 0 aromatic heterocycles. The van der Waals surface area contributed by atoms with Crippen LogP contribution in [0.15, 0.2) is 29.7 Å². The lowest BCUT2D eigenvalue weighted by molar-refractivity contribution is 0.0946. The van der Waals surface area contributed by atoms with E-state index in [1.165, 1.54) is 13.2 Å². The van der Waals surface area contributed by atoms with Crippen molar-refractivity contribution >= 4 is 15.7 Å². The van der Waals surface area contributed by atoms with Crippen LogP contribution in [0.3, 0.4) is 0 Å². The molecule has 2 heterocycles. The van der Waals surface area contributed by atoms with Crippen LogP contribution in [0.25, 0.3) is 0 Å². The van der Waals surface area contributed by atoms with Crippen LogP contribution in [-0.4, -0.2) is 64.4 Å². The van der Waals surface area contributed by atoms with Crippen LogP contribution >= 0.6 is 0 Å². The molecule has 1 unspecified atom stereocenters. The number of nitrogens with zero attached hydrogens (tertiary/aromatic N) is 1. The Morgan fingerprint density at radius 2 is 1.96 bits per heavy atom. The van der Waals surface area contributed by atoms with E-state index in [2.05, 4.69) is 17.3 Å². The minimum atomic E-state index is -3.21. The summed E-state index contributed by atoms with van der Waals surface area (Å²) in [7, 11) is 0.418. The maximum absolute atomic E-state index is 12.4. The molecule has 0 aliphatic carbocycles. The Balaban J connectivity index is 1.66. The van der Waals surface area contributed by atoms with E-state index < -0.39 is 15.9 Å². The summed E-state index contributed by atoms with van der Waals surface area (Å²) in [6, 6.07) is 4.50. The number of methoxy groups -OCH3 is 1. The number of carbonyl (C=O) groups is 1. The molecule has 2 aliphatic heterocycles. The number of likely N-dealkylation sites (tertiary alicyclic amines) is 1. The van der Waals surface area contributed by atoms with E-state index in [0.717, 1.165) is 31.3 Å². The van der Waals surface area contributed by atoms with Crippen LogP contribution in [0.4, 0.5) is 0 Å². The molecule has 0 saturated carbocycles. The van der Waals surface area contributed by atoms with Gasteiger partial charge in [-0.3, -0.25) is 4.79 Å². The van der Waals surface area contributed by atoms with Crippen LogP contribution in [0.5, 0.6) is 11.5 Å². The summed E-state index contributed by atoms with van der Waals surface area (Å²) in [6.45, 7) is 1.98. The lowest BCUT2D eigenvalue weighted by Crippen LogP contribution is -2.36. The Kier molecular flexibility index (Phi) is 5.52. The van der Waals surface area contributed by atoms with Gasteiger partial charge in [0.25, 0.3) is 5.91 Å². The molecule has 0 bridgehead atoms. The lowest BCUT2D eigenvalue weighted by atomic mass is 10.1. The van der Waals surface area contributed by atoms with E-state index in [0.29, 0.717) is 17.1 Å². The molecule has 8 heteroatoms. The molecule has 7 nitrogen and oxygen atoms in total. The van der Waals surface area contributed by atoms with Gasteiger partial charge in [-0.2, -0.15) is 0 Å². The average Bonchev–Trinajstić information content (AvgIpc) is 2.95. The number of hydrogen-bond donors (Lipinski definition) is 1. The van der Waals surface area contributed by atoms with Gasteiger partial charge in [0.2, 0.25) is 0 Å². The van der Waals surface area contributed by atoms with Gasteiger partial charge >= 0.3 is 0 Å². The monoisotopic (exact) mass is 380 g/mol. The second-order valence-corrected chi connectivity index (χ2v) is 8.66. The number of benzene rings is 1. The summed E-state index contributed by atoms with van der Waals surface area (Å²) < 4.78 is 34.3. The van der Waals surface area contributed by atoms with Crippen LogP contribution in [0.1, 0.15) is 23.2 Å². The second-order valence-electron chi connectivity index (χ2n) is 6.72. The Hall–Kier alpha value is -2.06. The number of piperidine rings is 1. The molecule has 142 valence electrons. The van der Waals surface area contributed by atoms with E-state index in [4.69, 9.17) is 9.47 Å². The van der Waals surface area contributed by atoms with Crippen molar-refractivity contribution in [2.75, 3.05) is 33.0 Å². The second kappa shape index (κ2) is 7.67. The molecule has 26 heavy (non-hydrogen) atoms. The highest BCUT2D eigenvalue weighted by Gasteiger charge is 2.24. The molecule has 1 saturated heterocycles. The zero-order valence-electron chi connectivity index (χ0n) is 15.0. The van der Waals surface area contributed by atoms with E-state index >= 15 is 0 Å². The van der Waals surface area contributed by atoms with Gasteiger partial charge in [0.15, 0.2) is 21.3 Å². The number of rotatable bonds is 5. The fraction of sp³-hybridized carbons (Fsp3) is 0.500. The zero-order valence-corrected chi connectivity index (χ0v) is 15.8. The first-order valence-corrected chi connectivity index (χ1v) is 10.3. The zero-order chi connectivity index (χ0) is 18.7. The predicted octanol–water partition coefficient (Wildman–Crippen LogP) is 1.21. The molecular formula is C18H24N2O5S. The fourth-order valence-electron chi connectivity index (χ4n) is 3.11. The topological polar surface area (TPSA) is 84.9 Å². The quantitative estimate of drug-likeness (QED) is 0.827. The van der Waals surface area contributed by atoms with Crippen LogP contribution in [0.2, 0.25) is 0 Å². The molecule has 1 aromatic carbocycles. The van der Waals surface area contributed by atoms with Gasteiger partial charge in [0.1, 0.15) is 6.10 Å². The predicted molar refractivity (Wildman–Crippen MR) is 98.3 cm³/mol. The first kappa shape index (κ1) is 18.7. The third-order valence-electron chi connectivity index (χ3n) is 4.63. The lowest BCUT2D eigenvalue weighted by Gasteiger charge is -2.29. The van der Waals surface area contributed by atoms with E-state index in [1.54, 1.807) is 18.2 Å². The fourth-order valence-corrected chi connectivity index (χ4v) is 4.34.